The number of nitrogens with zero attached hydrogens (tertiary/aromatic N) is 1. The minimum Gasteiger partial charge on any atom is -0.481 e. The van der Waals surface area contributed by atoms with E-state index in [1.54, 1.807) is 0 Å². The fraction of sp³-hybridized carbons (Fsp3) is 0.929. The van der Waals surface area contributed by atoms with Gasteiger partial charge < -0.3 is 5.11 Å². The highest BCUT2D eigenvalue weighted by Gasteiger charge is 2.38. The monoisotopic (exact) mass is 239 g/mol. The van der Waals surface area contributed by atoms with Crippen LogP contribution in [0.15, 0.2) is 0 Å². The zero-order valence-electron chi connectivity index (χ0n) is 11.1. The molecule has 3 atom stereocenters. The van der Waals surface area contributed by atoms with Crippen molar-refractivity contribution in [1.82, 2.24) is 4.90 Å². The molecule has 17 heavy (non-hydrogen) atoms. The Morgan fingerprint density at radius 2 is 1.88 bits per heavy atom. The SMILES string of the molecule is CC(C1CCCCC1)N1C[C@@H](C)[C@H](C(=O)O)C1. The number of hydrogen-bond donors (Lipinski definition) is 1. The minimum atomic E-state index is -0.615. The summed E-state index contributed by atoms with van der Waals surface area (Å²) in [5.74, 6) is 0.332. The highest BCUT2D eigenvalue weighted by Crippen LogP contribution is 2.33. The van der Waals surface area contributed by atoms with E-state index >= 15 is 0 Å². The molecule has 2 rings (SSSR count). The summed E-state index contributed by atoms with van der Waals surface area (Å²) in [4.78, 5) is 13.5. The summed E-state index contributed by atoms with van der Waals surface area (Å²) in [6.07, 6.45) is 6.78. The molecule has 1 heterocycles. The molecule has 3 heteroatoms. The van der Waals surface area contributed by atoms with E-state index in [1.807, 2.05) is 0 Å². The Kier molecular flexibility index (Phi) is 4.08. The summed E-state index contributed by atoms with van der Waals surface area (Å²) in [5, 5.41) is 9.17. The molecule has 2 aliphatic rings. The maximum absolute atomic E-state index is 11.1. The Hall–Kier alpha value is -0.570. The number of carboxylic acids is 1. The molecule has 0 aromatic rings. The summed E-state index contributed by atoms with van der Waals surface area (Å²) in [6, 6.07) is 0.571. The quantitative estimate of drug-likeness (QED) is 0.823. The van der Waals surface area contributed by atoms with Crippen LogP contribution in [0.25, 0.3) is 0 Å². The molecule has 1 saturated carbocycles. The van der Waals surface area contributed by atoms with Crippen molar-refractivity contribution in [2.75, 3.05) is 13.1 Å². The van der Waals surface area contributed by atoms with Gasteiger partial charge in [-0.2, -0.15) is 0 Å². The van der Waals surface area contributed by atoms with Gasteiger partial charge in [-0.05, 0) is 31.6 Å². The van der Waals surface area contributed by atoms with Crippen LogP contribution in [0, 0.1) is 17.8 Å². The first-order valence-electron chi connectivity index (χ1n) is 7.06. The molecule has 0 amide bonds. The Bertz CT molecular complexity index is 273. The molecule has 1 saturated heterocycles. The smallest absolute Gasteiger partial charge is 0.308 e. The van der Waals surface area contributed by atoms with Gasteiger partial charge in [-0.3, -0.25) is 9.69 Å². The van der Waals surface area contributed by atoms with Crippen LogP contribution >= 0.6 is 0 Å². The van der Waals surface area contributed by atoms with Crippen LogP contribution in [0.2, 0.25) is 0 Å². The highest BCUT2D eigenvalue weighted by molar-refractivity contribution is 5.71. The maximum Gasteiger partial charge on any atom is 0.308 e. The molecule has 0 spiro atoms. The molecule has 3 nitrogen and oxygen atoms in total. The van der Waals surface area contributed by atoms with Crippen LogP contribution in [-0.2, 0) is 4.79 Å². The molecule has 1 unspecified atom stereocenters. The van der Waals surface area contributed by atoms with Crippen molar-refractivity contribution in [3.8, 4) is 0 Å². The molecule has 2 fully saturated rings. The lowest BCUT2D eigenvalue weighted by atomic mass is 9.84. The molecule has 1 aliphatic carbocycles. The minimum absolute atomic E-state index is 0.152. The van der Waals surface area contributed by atoms with E-state index < -0.39 is 5.97 Å². The van der Waals surface area contributed by atoms with Gasteiger partial charge in [0.2, 0.25) is 0 Å². The number of likely N-dealkylation sites (tertiary alicyclic amines) is 1. The third-order valence-corrected chi connectivity index (χ3v) is 4.87. The Labute approximate surface area is 104 Å². The van der Waals surface area contributed by atoms with Crippen LogP contribution in [0.5, 0.6) is 0 Å². The number of hydrogen-bond acceptors (Lipinski definition) is 2. The molecule has 0 aromatic carbocycles. The van der Waals surface area contributed by atoms with Crippen molar-refractivity contribution in [2.24, 2.45) is 17.8 Å². The van der Waals surface area contributed by atoms with E-state index in [-0.39, 0.29) is 5.92 Å². The lowest BCUT2D eigenvalue weighted by Gasteiger charge is -2.34. The average molecular weight is 239 g/mol. The van der Waals surface area contributed by atoms with Gasteiger partial charge in [0.1, 0.15) is 0 Å². The molecular formula is C14H25NO2. The zero-order valence-corrected chi connectivity index (χ0v) is 11.1. The first-order valence-corrected chi connectivity index (χ1v) is 7.06. The highest BCUT2D eigenvalue weighted by atomic mass is 16.4. The van der Waals surface area contributed by atoms with E-state index in [1.165, 1.54) is 32.1 Å². The van der Waals surface area contributed by atoms with Gasteiger partial charge in [-0.15, -0.1) is 0 Å². The van der Waals surface area contributed by atoms with Crippen molar-refractivity contribution in [1.29, 1.82) is 0 Å². The second-order valence-electron chi connectivity index (χ2n) is 6.01. The Morgan fingerprint density at radius 3 is 2.41 bits per heavy atom. The molecule has 0 bridgehead atoms. The van der Waals surface area contributed by atoms with Gasteiger partial charge in [-0.25, -0.2) is 0 Å². The van der Waals surface area contributed by atoms with Gasteiger partial charge in [0.05, 0.1) is 5.92 Å². The third kappa shape index (κ3) is 2.82. The molecule has 1 aliphatic heterocycles. The van der Waals surface area contributed by atoms with E-state index in [0.717, 1.165) is 19.0 Å². The second-order valence-corrected chi connectivity index (χ2v) is 6.01. The average Bonchev–Trinajstić information content (AvgIpc) is 2.71. The fourth-order valence-electron chi connectivity index (χ4n) is 3.57. The van der Waals surface area contributed by atoms with Gasteiger partial charge in [0.25, 0.3) is 0 Å². The lowest BCUT2D eigenvalue weighted by molar-refractivity contribution is -0.142. The van der Waals surface area contributed by atoms with E-state index in [2.05, 4.69) is 18.7 Å². The summed E-state index contributed by atoms with van der Waals surface area (Å²) >= 11 is 0. The van der Waals surface area contributed by atoms with Crippen molar-refractivity contribution >= 4 is 5.97 Å². The largest absolute Gasteiger partial charge is 0.481 e. The molecule has 98 valence electrons. The maximum atomic E-state index is 11.1. The predicted molar refractivity (Wildman–Crippen MR) is 67.9 cm³/mol. The van der Waals surface area contributed by atoms with Crippen LogP contribution in [0.1, 0.15) is 46.0 Å². The summed E-state index contributed by atoms with van der Waals surface area (Å²) in [6.45, 7) is 6.10. The summed E-state index contributed by atoms with van der Waals surface area (Å²) in [5.41, 5.74) is 0. The van der Waals surface area contributed by atoms with Gasteiger partial charge >= 0.3 is 5.97 Å². The third-order valence-electron chi connectivity index (χ3n) is 4.87. The van der Waals surface area contributed by atoms with E-state index in [0.29, 0.717) is 12.0 Å². The first-order chi connectivity index (χ1) is 8.09. The normalized spacial score (nSPS) is 33.8. The first kappa shape index (κ1) is 12.9. The number of carbonyl (C=O) groups is 1. The predicted octanol–water partition coefficient (Wildman–Crippen LogP) is 2.61. The van der Waals surface area contributed by atoms with Crippen LogP contribution in [0.4, 0.5) is 0 Å². The van der Waals surface area contributed by atoms with Crippen molar-refractivity contribution in [3.63, 3.8) is 0 Å². The molecule has 1 N–H and O–H groups in total. The lowest BCUT2D eigenvalue weighted by Crippen LogP contribution is -2.38. The van der Waals surface area contributed by atoms with Crippen molar-refractivity contribution < 1.29 is 9.90 Å². The van der Waals surface area contributed by atoms with Gasteiger partial charge in [0, 0.05) is 19.1 Å². The van der Waals surface area contributed by atoms with Crippen LogP contribution in [0.3, 0.4) is 0 Å². The zero-order chi connectivity index (χ0) is 12.4. The molecule has 0 aromatic heterocycles. The van der Waals surface area contributed by atoms with Crippen LogP contribution in [-0.4, -0.2) is 35.1 Å². The van der Waals surface area contributed by atoms with Crippen molar-refractivity contribution in [2.45, 2.75) is 52.0 Å². The number of aliphatic carboxylic acids is 1. The Morgan fingerprint density at radius 1 is 1.24 bits per heavy atom. The number of carboxylic acid groups (broad SMARTS) is 1. The molecule has 0 radical (unpaired) electrons. The van der Waals surface area contributed by atoms with E-state index in [4.69, 9.17) is 5.11 Å². The second kappa shape index (κ2) is 5.38. The van der Waals surface area contributed by atoms with Gasteiger partial charge in [0.15, 0.2) is 0 Å². The number of rotatable bonds is 3. The summed E-state index contributed by atoms with van der Waals surface area (Å²) < 4.78 is 0. The van der Waals surface area contributed by atoms with E-state index in [9.17, 15) is 4.79 Å². The van der Waals surface area contributed by atoms with Gasteiger partial charge in [-0.1, -0.05) is 26.2 Å². The standard InChI is InChI=1S/C14H25NO2/c1-10-8-15(9-13(10)14(16)17)11(2)12-6-4-3-5-7-12/h10-13H,3-9H2,1-2H3,(H,16,17)/t10-,11?,13-/m1/s1. The fourth-order valence-corrected chi connectivity index (χ4v) is 3.57. The van der Waals surface area contributed by atoms with Crippen molar-refractivity contribution in [3.05, 3.63) is 0 Å². The van der Waals surface area contributed by atoms with Crippen LogP contribution < -0.4 is 0 Å². The summed E-state index contributed by atoms with van der Waals surface area (Å²) in [7, 11) is 0. The molecular weight excluding hydrogens is 214 g/mol. The Balaban J connectivity index is 1.92. The topological polar surface area (TPSA) is 40.5 Å².